The second kappa shape index (κ2) is 4.76. The van der Waals surface area contributed by atoms with E-state index in [1.165, 1.54) is 6.20 Å². The van der Waals surface area contributed by atoms with Gasteiger partial charge in [0.2, 0.25) is 5.91 Å². The highest BCUT2D eigenvalue weighted by Gasteiger charge is 2.03. The molecule has 1 amide bonds. The number of pyridine rings is 1. The Morgan fingerprint density at radius 2 is 2.29 bits per heavy atom. The van der Waals surface area contributed by atoms with Crippen LogP contribution in [0, 0.1) is 0 Å². The molecule has 72 valence electrons. The van der Waals surface area contributed by atoms with Crippen LogP contribution in [0.3, 0.4) is 0 Å². The molecule has 0 aliphatic carbocycles. The molecule has 1 rings (SSSR count). The topological polar surface area (TPSA) is 45.2 Å². The molecule has 1 N–H and O–H groups in total. The summed E-state index contributed by atoms with van der Waals surface area (Å²) in [6, 6.07) is 1.67. The van der Waals surface area contributed by atoms with Gasteiger partial charge in [-0.3, -0.25) is 9.78 Å². The summed E-state index contributed by atoms with van der Waals surface area (Å²) >= 11 is 0. The first-order valence-electron chi connectivity index (χ1n) is 4.23. The number of hydrogen-bond acceptors (Lipinski definition) is 3. The lowest BCUT2D eigenvalue weighted by atomic mass is 9.99. The molecule has 0 spiro atoms. The normalized spacial score (nSPS) is 10.2. The summed E-state index contributed by atoms with van der Waals surface area (Å²) in [5.74, 6) is -0.0811. The number of hydrogen-bond donors (Lipinski definition) is 1. The largest absolute Gasteiger partial charge is 0.324 e. The number of amides is 1. The van der Waals surface area contributed by atoms with Crippen molar-refractivity contribution >= 4 is 24.9 Å². The minimum atomic E-state index is -0.0811. The van der Waals surface area contributed by atoms with E-state index < -0.39 is 0 Å². The zero-order valence-corrected chi connectivity index (χ0v) is 8.32. The smallest absolute Gasteiger partial charge is 0.238 e. The molecule has 0 saturated carbocycles. The maximum absolute atomic E-state index is 11.3. The molecule has 5 heteroatoms. The fourth-order valence-corrected chi connectivity index (χ4v) is 1.01. The molecule has 1 aromatic heterocycles. The summed E-state index contributed by atoms with van der Waals surface area (Å²) in [6.45, 7) is 0.342. The first-order valence-corrected chi connectivity index (χ1v) is 4.23. The molecule has 0 aromatic carbocycles. The van der Waals surface area contributed by atoms with E-state index in [0.717, 1.165) is 0 Å². The van der Waals surface area contributed by atoms with Gasteiger partial charge in [0.25, 0.3) is 0 Å². The summed E-state index contributed by atoms with van der Waals surface area (Å²) in [5, 5.41) is 2.69. The maximum atomic E-state index is 11.3. The van der Waals surface area contributed by atoms with Crippen LogP contribution in [-0.4, -0.2) is 44.3 Å². The third-order valence-corrected chi connectivity index (χ3v) is 1.50. The van der Waals surface area contributed by atoms with Crippen LogP contribution >= 0.6 is 0 Å². The average molecular weight is 189 g/mol. The summed E-state index contributed by atoms with van der Waals surface area (Å²) in [5.41, 5.74) is 1.16. The molecule has 14 heavy (non-hydrogen) atoms. The van der Waals surface area contributed by atoms with Crippen molar-refractivity contribution < 1.29 is 4.79 Å². The zero-order valence-electron chi connectivity index (χ0n) is 8.32. The Bertz CT molecular complexity index is 328. The Kier molecular flexibility index (Phi) is 3.65. The van der Waals surface area contributed by atoms with Crippen LogP contribution in [0.25, 0.3) is 0 Å². The number of nitrogens with zero attached hydrogens (tertiary/aromatic N) is 2. The van der Waals surface area contributed by atoms with Gasteiger partial charge in [-0.1, -0.05) is 5.46 Å². The quantitative estimate of drug-likeness (QED) is 0.644. The van der Waals surface area contributed by atoms with Crippen LogP contribution in [0.5, 0.6) is 0 Å². The highest BCUT2D eigenvalue weighted by molar-refractivity contribution is 6.32. The van der Waals surface area contributed by atoms with Crippen molar-refractivity contribution in [2.75, 3.05) is 26.0 Å². The average Bonchev–Trinajstić information content (AvgIpc) is 2.01. The van der Waals surface area contributed by atoms with Gasteiger partial charge in [-0.05, 0) is 20.2 Å². The molecule has 1 heterocycles. The Morgan fingerprint density at radius 1 is 1.57 bits per heavy atom. The summed E-state index contributed by atoms with van der Waals surface area (Å²) in [6.07, 6.45) is 3.09. The molecule has 0 aliphatic rings. The van der Waals surface area contributed by atoms with Crippen LogP contribution in [0.1, 0.15) is 0 Å². The highest BCUT2D eigenvalue weighted by atomic mass is 16.2. The maximum Gasteiger partial charge on any atom is 0.238 e. The van der Waals surface area contributed by atoms with Crippen LogP contribution in [0.2, 0.25) is 0 Å². The van der Waals surface area contributed by atoms with E-state index in [1.807, 2.05) is 14.1 Å². The van der Waals surface area contributed by atoms with E-state index >= 15 is 0 Å². The van der Waals surface area contributed by atoms with Gasteiger partial charge in [-0.25, -0.2) is 0 Å². The van der Waals surface area contributed by atoms with Crippen LogP contribution in [-0.2, 0) is 4.79 Å². The molecular formula is C9H12BN3O. The molecule has 0 fully saturated rings. The summed E-state index contributed by atoms with van der Waals surface area (Å²) < 4.78 is 0. The third kappa shape index (κ3) is 3.57. The Balaban J connectivity index is 2.56. The molecule has 4 nitrogen and oxygen atoms in total. The van der Waals surface area contributed by atoms with Gasteiger partial charge < -0.3 is 10.2 Å². The van der Waals surface area contributed by atoms with Crippen LogP contribution < -0.4 is 10.8 Å². The van der Waals surface area contributed by atoms with Crippen LogP contribution in [0.4, 0.5) is 5.69 Å². The first kappa shape index (κ1) is 10.7. The Hall–Kier alpha value is -1.36. The van der Waals surface area contributed by atoms with E-state index in [2.05, 4.69) is 10.3 Å². The second-order valence-electron chi connectivity index (χ2n) is 3.29. The monoisotopic (exact) mass is 189 g/mol. The van der Waals surface area contributed by atoms with Gasteiger partial charge in [-0.2, -0.15) is 0 Å². The van der Waals surface area contributed by atoms with Gasteiger partial charge in [0.1, 0.15) is 7.85 Å². The van der Waals surface area contributed by atoms with Crippen molar-refractivity contribution in [1.29, 1.82) is 0 Å². The van der Waals surface area contributed by atoms with E-state index in [1.54, 1.807) is 17.2 Å². The predicted molar refractivity (Wildman–Crippen MR) is 56.8 cm³/mol. The van der Waals surface area contributed by atoms with E-state index in [9.17, 15) is 4.79 Å². The van der Waals surface area contributed by atoms with E-state index in [0.29, 0.717) is 17.7 Å². The lowest BCUT2D eigenvalue weighted by Crippen LogP contribution is -2.27. The lowest BCUT2D eigenvalue weighted by Gasteiger charge is -2.09. The van der Waals surface area contributed by atoms with Gasteiger partial charge in [0, 0.05) is 6.20 Å². The Morgan fingerprint density at radius 3 is 2.86 bits per heavy atom. The van der Waals surface area contributed by atoms with Crippen molar-refractivity contribution in [2.45, 2.75) is 0 Å². The fourth-order valence-electron chi connectivity index (χ4n) is 1.01. The van der Waals surface area contributed by atoms with Crippen molar-refractivity contribution in [3.8, 4) is 0 Å². The number of likely N-dealkylation sites (N-methyl/N-ethyl adjacent to an activating group) is 1. The summed E-state index contributed by atoms with van der Waals surface area (Å²) in [7, 11) is 9.17. The minimum Gasteiger partial charge on any atom is -0.324 e. The summed E-state index contributed by atoms with van der Waals surface area (Å²) in [4.78, 5) is 17.0. The lowest BCUT2D eigenvalue weighted by molar-refractivity contribution is -0.116. The van der Waals surface area contributed by atoms with Crippen LogP contribution in [0.15, 0.2) is 18.5 Å². The number of carbonyl (C=O) groups is 1. The SMILES string of the molecule is [B]c1cncc(NC(=O)CN(C)C)c1. The fraction of sp³-hybridized carbons (Fsp3) is 0.333. The van der Waals surface area contributed by atoms with Crippen molar-refractivity contribution in [3.63, 3.8) is 0 Å². The third-order valence-electron chi connectivity index (χ3n) is 1.50. The van der Waals surface area contributed by atoms with Gasteiger partial charge >= 0.3 is 0 Å². The molecular weight excluding hydrogens is 177 g/mol. The van der Waals surface area contributed by atoms with Crippen molar-refractivity contribution in [1.82, 2.24) is 9.88 Å². The number of aromatic nitrogens is 1. The molecule has 0 aliphatic heterocycles. The Labute approximate surface area is 84.7 Å². The van der Waals surface area contributed by atoms with Crippen molar-refractivity contribution in [3.05, 3.63) is 18.5 Å². The predicted octanol–water partition coefficient (Wildman–Crippen LogP) is -0.624. The molecule has 2 radical (unpaired) electrons. The zero-order chi connectivity index (χ0) is 10.6. The van der Waals surface area contributed by atoms with Crippen molar-refractivity contribution in [2.24, 2.45) is 0 Å². The van der Waals surface area contributed by atoms with E-state index in [-0.39, 0.29) is 5.91 Å². The van der Waals surface area contributed by atoms with Gasteiger partial charge in [0.15, 0.2) is 0 Å². The molecule has 0 saturated heterocycles. The molecule has 0 unspecified atom stereocenters. The molecule has 1 aromatic rings. The molecule has 0 atom stereocenters. The minimum absolute atomic E-state index is 0.0811. The van der Waals surface area contributed by atoms with Gasteiger partial charge in [0.05, 0.1) is 18.4 Å². The standard InChI is InChI=1S/C9H12BN3O/c1-13(2)6-9(14)12-8-3-7(10)4-11-5-8/h3-5H,6H2,1-2H3,(H,12,14). The molecule has 0 bridgehead atoms. The van der Waals surface area contributed by atoms with Gasteiger partial charge in [-0.15, -0.1) is 0 Å². The number of anilines is 1. The number of nitrogens with one attached hydrogen (secondary N) is 1. The number of rotatable bonds is 3. The van der Waals surface area contributed by atoms with E-state index in [4.69, 9.17) is 7.85 Å². The first-order chi connectivity index (χ1) is 6.58. The highest BCUT2D eigenvalue weighted by Crippen LogP contribution is 2.00. The second-order valence-corrected chi connectivity index (χ2v) is 3.29. The number of carbonyl (C=O) groups excluding carboxylic acids is 1.